The zero-order valence-corrected chi connectivity index (χ0v) is 14.8. The van der Waals surface area contributed by atoms with Crippen molar-refractivity contribution >= 4 is 52.0 Å². The fraction of sp³-hybridized carbons (Fsp3) is 0.0714. The summed E-state index contributed by atoms with van der Waals surface area (Å²) in [6.45, 7) is 0. The molecule has 25 heavy (non-hydrogen) atoms. The molecular weight excluding hydrogens is 341 g/mol. The molecule has 1 radical (unpaired) electrons. The van der Waals surface area contributed by atoms with Crippen LogP contribution in [0.25, 0.3) is 11.0 Å². The second-order valence-corrected chi connectivity index (χ2v) is 4.80. The molecule has 1 atom stereocenters. The van der Waals surface area contributed by atoms with E-state index in [-0.39, 0.29) is 52.0 Å². The van der Waals surface area contributed by atoms with E-state index >= 15 is 0 Å². The average molecular weight is 348 g/mol. The second kappa shape index (κ2) is 7.35. The molecule has 0 amide bonds. The van der Waals surface area contributed by atoms with Gasteiger partial charge in [-0.3, -0.25) is 20.2 Å². The maximum atomic E-state index is 11.0. The normalized spacial score (nSPS) is 11.3. The Hall–Kier alpha value is -2.87. The van der Waals surface area contributed by atoms with E-state index < -0.39 is 15.8 Å². The van der Waals surface area contributed by atoms with Crippen molar-refractivity contribution in [1.29, 1.82) is 5.26 Å². The van der Waals surface area contributed by atoms with Crippen LogP contribution in [0.4, 0.5) is 11.4 Å². The summed E-state index contributed by atoms with van der Waals surface area (Å²) >= 11 is 0. The van der Waals surface area contributed by atoms with E-state index in [1.165, 1.54) is 36.4 Å². The summed E-state index contributed by atoms with van der Waals surface area (Å²) < 4.78 is 4.57. The molecule has 3 aromatic rings. The molecule has 0 aliphatic rings. The van der Waals surface area contributed by atoms with Gasteiger partial charge in [0.15, 0.2) is 0 Å². The smallest absolute Gasteiger partial charge is 0.258 e. The van der Waals surface area contributed by atoms with Crippen LogP contribution in [0.3, 0.4) is 0 Å². The number of benzene rings is 2. The molecule has 119 valence electrons. The van der Waals surface area contributed by atoms with Crippen molar-refractivity contribution in [3.8, 4) is 6.07 Å². The molecule has 0 aliphatic heterocycles. The predicted molar refractivity (Wildman–Crippen MR) is 84.8 cm³/mol. The third kappa shape index (κ3) is 3.34. The molecule has 0 saturated carbocycles. The monoisotopic (exact) mass is 348 g/mol. The molecule has 0 saturated heterocycles. The Labute approximate surface area is 161 Å². The van der Waals surface area contributed by atoms with Crippen molar-refractivity contribution < 1.29 is 14.5 Å². The van der Waals surface area contributed by atoms with E-state index in [4.69, 9.17) is 0 Å². The van der Waals surface area contributed by atoms with Gasteiger partial charge in [0.25, 0.3) is 5.69 Å². The number of nitriles is 1. The molecule has 0 aliphatic carbocycles. The van der Waals surface area contributed by atoms with Crippen LogP contribution in [-0.2, 0) is 0 Å². The van der Waals surface area contributed by atoms with E-state index in [0.717, 1.165) is 0 Å². The summed E-state index contributed by atoms with van der Waals surface area (Å²) in [5, 5.41) is 38.4. The number of aromatic nitrogens is 2. The standard InChI is InChI=1S/C14H7N5O5.Na/c15-7-11(8-1-3-9(4-2-8)18(20)21)10-5-6-12(19(22)23)14-13(10)16-24-17-14;/h1-6,11H;. The van der Waals surface area contributed by atoms with Crippen LogP contribution in [0.2, 0.25) is 0 Å². The zero-order chi connectivity index (χ0) is 17.3. The quantitative estimate of drug-likeness (QED) is 0.396. The van der Waals surface area contributed by atoms with Crippen LogP contribution in [0, 0.1) is 31.6 Å². The van der Waals surface area contributed by atoms with E-state index in [1.54, 1.807) is 0 Å². The number of nitrogens with zero attached hydrogens (tertiary/aromatic N) is 5. The Kier molecular flexibility index (Phi) is 5.43. The molecule has 1 aromatic heterocycles. The van der Waals surface area contributed by atoms with E-state index in [1.807, 2.05) is 0 Å². The van der Waals surface area contributed by atoms with Gasteiger partial charge >= 0.3 is 5.69 Å². The number of non-ortho nitro benzene ring substituents is 2. The average Bonchev–Trinajstić information content (AvgIpc) is 3.05. The Morgan fingerprint density at radius 1 is 1.00 bits per heavy atom. The van der Waals surface area contributed by atoms with Gasteiger partial charge in [-0.1, -0.05) is 12.1 Å². The molecule has 10 nitrogen and oxygen atoms in total. The van der Waals surface area contributed by atoms with Crippen LogP contribution in [0.15, 0.2) is 41.0 Å². The van der Waals surface area contributed by atoms with Crippen molar-refractivity contribution in [1.82, 2.24) is 10.3 Å². The van der Waals surface area contributed by atoms with Gasteiger partial charge in [0.1, 0.15) is 5.52 Å². The van der Waals surface area contributed by atoms with Crippen molar-refractivity contribution in [3.63, 3.8) is 0 Å². The molecule has 0 fully saturated rings. The summed E-state index contributed by atoms with van der Waals surface area (Å²) in [6, 6.07) is 10.2. The molecule has 11 heteroatoms. The molecule has 0 bridgehead atoms. The number of fused-ring (bicyclic) bond motifs is 1. The third-order valence-corrected chi connectivity index (χ3v) is 3.50. The van der Waals surface area contributed by atoms with Gasteiger partial charge in [-0.2, -0.15) is 5.26 Å². The summed E-state index contributed by atoms with van der Waals surface area (Å²) in [4.78, 5) is 20.5. The largest absolute Gasteiger partial charge is 0.300 e. The number of nitro groups is 2. The van der Waals surface area contributed by atoms with Gasteiger partial charge in [0.05, 0.1) is 21.8 Å². The minimum atomic E-state index is -0.832. The first kappa shape index (κ1) is 18.5. The Morgan fingerprint density at radius 3 is 2.20 bits per heavy atom. The molecule has 2 aromatic carbocycles. The van der Waals surface area contributed by atoms with E-state index in [2.05, 4.69) is 21.0 Å². The molecule has 0 N–H and O–H groups in total. The van der Waals surface area contributed by atoms with Crippen LogP contribution in [-0.4, -0.2) is 49.7 Å². The van der Waals surface area contributed by atoms with Gasteiger partial charge in [-0.25, -0.2) is 4.63 Å². The van der Waals surface area contributed by atoms with Crippen LogP contribution in [0.5, 0.6) is 0 Å². The molecule has 1 unspecified atom stereocenters. The third-order valence-electron chi connectivity index (χ3n) is 3.50. The minimum Gasteiger partial charge on any atom is -0.258 e. The summed E-state index contributed by atoms with van der Waals surface area (Å²) in [5.74, 6) is -0.832. The van der Waals surface area contributed by atoms with Crippen LogP contribution in [0.1, 0.15) is 17.0 Å². The number of nitro benzene ring substituents is 2. The Bertz CT molecular complexity index is 995. The van der Waals surface area contributed by atoms with E-state index in [0.29, 0.717) is 11.1 Å². The van der Waals surface area contributed by atoms with Gasteiger partial charge in [-0.05, 0) is 21.9 Å². The molecular formula is C14H7N5NaO5. The number of hydrogen-bond acceptors (Lipinski definition) is 8. The van der Waals surface area contributed by atoms with Crippen molar-refractivity contribution in [3.05, 3.63) is 67.8 Å². The number of hydrogen-bond donors (Lipinski definition) is 0. The van der Waals surface area contributed by atoms with Crippen molar-refractivity contribution in [2.45, 2.75) is 5.92 Å². The minimum absolute atomic E-state index is 0. The fourth-order valence-electron chi connectivity index (χ4n) is 2.37. The van der Waals surface area contributed by atoms with Gasteiger partial charge in [-0.15, -0.1) is 0 Å². The molecule has 0 spiro atoms. The van der Waals surface area contributed by atoms with E-state index in [9.17, 15) is 25.5 Å². The summed E-state index contributed by atoms with van der Waals surface area (Å²) in [5.41, 5.74) is 0.519. The van der Waals surface area contributed by atoms with Crippen LogP contribution >= 0.6 is 0 Å². The maximum Gasteiger partial charge on any atom is 0.300 e. The zero-order valence-electron chi connectivity index (χ0n) is 12.8. The first-order chi connectivity index (χ1) is 11.5. The van der Waals surface area contributed by atoms with Crippen LogP contribution < -0.4 is 0 Å². The Morgan fingerprint density at radius 2 is 1.64 bits per heavy atom. The summed E-state index contributed by atoms with van der Waals surface area (Å²) in [7, 11) is 0. The Balaban J connectivity index is 0.00000225. The topological polar surface area (TPSA) is 149 Å². The van der Waals surface area contributed by atoms with Gasteiger partial charge in [0, 0.05) is 53.3 Å². The predicted octanol–water partition coefficient (Wildman–Crippen LogP) is 2.31. The SMILES string of the molecule is N#CC(c1ccc([N+](=O)[O-])cc1)c1ccc([N+](=O)[O-])c2nonc12.[Na]. The number of rotatable bonds is 4. The molecule has 3 rings (SSSR count). The maximum absolute atomic E-state index is 11.0. The van der Waals surface area contributed by atoms with Crippen molar-refractivity contribution in [2.24, 2.45) is 0 Å². The van der Waals surface area contributed by atoms with Gasteiger partial charge in [0.2, 0.25) is 5.52 Å². The first-order valence-corrected chi connectivity index (χ1v) is 6.56. The fourth-order valence-corrected chi connectivity index (χ4v) is 2.37. The first-order valence-electron chi connectivity index (χ1n) is 6.56. The summed E-state index contributed by atoms with van der Waals surface area (Å²) in [6.07, 6.45) is 0. The second-order valence-electron chi connectivity index (χ2n) is 4.80. The van der Waals surface area contributed by atoms with Crippen molar-refractivity contribution in [2.75, 3.05) is 0 Å². The molecule has 1 heterocycles. The van der Waals surface area contributed by atoms with Gasteiger partial charge < -0.3 is 0 Å².